The quantitative estimate of drug-likeness (QED) is 0.186. The molecule has 0 fully saturated rings. The Morgan fingerprint density at radius 3 is 1.66 bits per heavy atom. The van der Waals surface area contributed by atoms with Gasteiger partial charge in [-0.1, -0.05) is 135 Å². The zero-order chi connectivity index (χ0) is 35.3. The first-order chi connectivity index (χ1) is 26.1. The topological polar surface area (TPSA) is 35.6 Å². The van der Waals surface area contributed by atoms with Gasteiger partial charge in [-0.25, -0.2) is 9.97 Å². The molecule has 4 heteroatoms. The van der Waals surface area contributed by atoms with Gasteiger partial charge >= 0.3 is 0 Å². The molecule has 0 saturated carbocycles. The molecule has 0 spiro atoms. The van der Waals surface area contributed by atoms with E-state index < -0.39 is 0 Å². The Hall–Kier alpha value is -6.78. The lowest BCUT2D eigenvalue weighted by Crippen LogP contribution is -2.17. The fourth-order valence-corrected chi connectivity index (χ4v) is 8.99. The van der Waals surface area contributed by atoms with Crippen LogP contribution in [0.1, 0.15) is 25.0 Å². The van der Waals surface area contributed by atoms with Gasteiger partial charge in [0.05, 0.1) is 33.5 Å². The second-order valence-corrected chi connectivity index (χ2v) is 14.6. The van der Waals surface area contributed by atoms with Gasteiger partial charge in [-0.3, -0.25) is 0 Å². The smallest absolute Gasteiger partial charge is 0.160 e. The first-order valence-electron chi connectivity index (χ1n) is 18.3. The van der Waals surface area contributed by atoms with Crippen molar-refractivity contribution in [3.63, 3.8) is 0 Å². The lowest BCUT2D eigenvalue weighted by atomic mass is 9.81. The van der Waals surface area contributed by atoms with Crippen molar-refractivity contribution in [3.8, 4) is 45.3 Å². The van der Waals surface area contributed by atoms with Crippen LogP contribution in [-0.4, -0.2) is 19.1 Å². The molecule has 0 aliphatic heterocycles. The van der Waals surface area contributed by atoms with E-state index in [9.17, 15) is 0 Å². The lowest BCUT2D eigenvalue weighted by Gasteiger charge is -2.24. The van der Waals surface area contributed by atoms with Gasteiger partial charge < -0.3 is 9.13 Å². The Morgan fingerprint density at radius 2 is 0.962 bits per heavy atom. The highest BCUT2D eigenvalue weighted by Gasteiger charge is 2.40. The molecular formula is C49H34N4. The summed E-state index contributed by atoms with van der Waals surface area (Å²) in [5.41, 5.74) is 14.5. The second kappa shape index (κ2) is 11.1. The van der Waals surface area contributed by atoms with Gasteiger partial charge in [0, 0.05) is 60.6 Å². The maximum Gasteiger partial charge on any atom is 0.160 e. The normalized spacial score (nSPS) is 13.2. The van der Waals surface area contributed by atoms with Crippen LogP contribution in [0.25, 0.3) is 88.9 Å². The molecule has 250 valence electrons. The summed E-state index contributed by atoms with van der Waals surface area (Å²) in [5.74, 6) is 0.742. The Morgan fingerprint density at radius 1 is 0.434 bits per heavy atom. The number of benzene rings is 7. The van der Waals surface area contributed by atoms with E-state index in [4.69, 9.17) is 9.97 Å². The molecule has 3 aromatic heterocycles. The zero-order valence-electron chi connectivity index (χ0n) is 29.5. The third-order valence-corrected chi connectivity index (χ3v) is 11.3. The minimum atomic E-state index is -0.266. The summed E-state index contributed by atoms with van der Waals surface area (Å²) in [4.78, 5) is 10.7. The average molecular weight is 679 g/mol. The third kappa shape index (κ3) is 4.24. The van der Waals surface area contributed by atoms with Crippen LogP contribution in [0, 0.1) is 0 Å². The van der Waals surface area contributed by atoms with Gasteiger partial charge in [0.15, 0.2) is 5.82 Å². The first kappa shape index (κ1) is 29.9. The molecule has 0 bridgehead atoms. The van der Waals surface area contributed by atoms with Gasteiger partial charge in [-0.2, -0.15) is 0 Å². The van der Waals surface area contributed by atoms with Crippen LogP contribution in [0.3, 0.4) is 0 Å². The van der Waals surface area contributed by atoms with Crippen molar-refractivity contribution < 1.29 is 0 Å². The van der Waals surface area contributed by atoms with Crippen LogP contribution in [-0.2, 0) is 5.41 Å². The summed E-state index contributed by atoms with van der Waals surface area (Å²) in [6, 6.07) is 60.9. The number of hydrogen-bond acceptors (Lipinski definition) is 2. The van der Waals surface area contributed by atoms with Gasteiger partial charge in [0.1, 0.15) is 0 Å². The maximum absolute atomic E-state index is 5.39. The molecule has 4 nitrogen and oxygen atoms in total. The van der Waals surface area contributed by atoms with Crippen molar-refractivity contribution in [2.75, 3.05) is 0 Å². The number of rotatable bonds is 4. The molecule has 0 amide bonds. The van der Waals surface area contributed by atoms with E-state index in [0.717, 1.165) is 39.7 Å². The van der Waals surface area contributed by atoms with Crippen molar-refractivity contribution in [2.24, 2.45) is 0 Å². The van der Waals surface area contributed by atoms with Crippen molar-refractivity contribution in [1.29, 1.82) is 0 Å². The lowest BCUT2D eigenvalue weighted by molar-refractivity contribution is 0.658. The van der Waals surface area contributed by atoms with Crippen molar-refractivity contribution in [2.45, 2.75) is 19.3 Å². The van der Waals surface area contributed by atoms with Crippen LogP contribution < -0.4 is 0 Å². The fourth-order valence-electron chi connectivity index (χ4n) is 8.99. The summed E-state index contributed by atoms with van der Waals surface area (Å²) >= 11 is 0. The minimum Gasteiger partial charge on any atom is -0.309 e. The summed E-state index contributed by atoms with van der Waals surface area (Å²) in [7, 11) is 0. The number of aromatic nitrogens is 4. The van der Waals surface area contributed by atoms with Crippen LogP contribution in [0.4, 0.5) is 0 Å². The van der Waals surface area contributed by atoms with Crippen LogP contribution in [0.15, 0.2) is 170 Å². The number of hydrogen-bond donors (Lipinski definition) is 0. The molecule has 7 aromatic carbocycles. The first-order valence-corrected chi connectivity index (χ1v) is 18.3. The molecule has 0 radical (unpaired) electrons. The maximum atomic E-state index is 5.39. The van der Waals surface area contributed by atoms with Crippen LogP contribution in [0.5, 0.6) is 0 Å². The van der Waals surface area contributed by atoms with E-state index in [0.29, 0.717) is 0 Å². The number of nitrogens with zero attached hydrogens (tertiary/aromatic N) is 4. The highest BCUT2D eigenvalue weighted by molar-refractivity contribution is 6.28. The van der Waals surface area contributed by atoms with Gasteiger partial charge in [0.2, 0.25) is 0 Å². The molecule has 3 heterocycles. The van der Waals surface area contributed by atoms with E-state index in [1.165, 1.54) is 60.3 Å². The Labute approximate surface area is 307 Å². The van der Waals surface area contributed by atoms with E-state index >= 15 is 0 Å². The largest absolute Gasteiger partial charge is 0.309 e. The Balaban J connectivity index is 1.19. The summed E-state index contributed by atoms with van der Waals surface area (Å²) < 4.78 is 4.83. The average Bonchev–Trinajstić information content (AvgIpc) is 3.81. The zero-order valence-corrected chi connectivity index (χ0v) is 29.5. The molecule has 53 heavy (non-hydrogen) atoms. The fraction of sp³-hybridized carbons (Fsp3) is 0.0612. The number of fused-ring (bicyclic) bond motifs is 10. The van der Waals surface area contributed by atoms with E-state index in [-0.39, 0.29) is 5.41 Å². The van der Waals surface area contributed by atoms with Crippen LogP contribution in [0.2, 0.25) is 0 Å². The molecular weight excluding hydrogens is 645 g/mol. The summed E-state index contributed by atoms with van der Waals surface area (Å²) in [6.45, 7) is 4.61. The second-order valence-electron chi connectivity index (χ2n) is 14.6. The molecule has 0 atom stereocenters. The molecule has 11 rings (SSSR count). The molecule has 0 unspecified atom stereocenters. The minimum absolute atomic E-state index is 0.266. The molecule has 0 saturated heterocycles. The van der Waals surface area contributed by atoms with Gasteiger partial charge in [0.25, 0.3) is 0 Å². The number of para-hydroxylation sites is 3. The van der Waals surface area contributed by atoms with E-state index in [1.54, 1.807) is 0 Å². The molecule has 1 aliphatic carbocycles. The third-order valence-electron chi connectivity index (χ3n) is 11.3. The predicted octanol–water partition coefficient (Wildman–Crippen LogP) is 12.3. The predicted molar refractivity (Wildman–Crippen MR) is 219 cm³/mol. The van der Waals surface area contributed by atoms with E-state index in [2.05, 4.69) is 187 Å². The Bertz CT molecular complexity index is 3080. The van der Waals surface area contributed by atoms with Crippen molar-refractivity contribution in [3.05, 3.63) is 181 Å². The highest BCUT2D eigenvalue weighted by atomic mass is 15.0. The molecule has 10 aromatic rings. The summed E-state index contributed by atoms with van der Waals surface area (Å²) in [5, 5.41) is 5.02. The van der Waals surface area contributed by atoms with Gasteiger partial charge in [-0.15, -0.1) is 0 Å². The monoisotopic (exact) mass is 678 g/mol. The van der Waals surface area contributed by atoms with Crippen molar-refractivity contribution >= 4 is 43.6 Å². The van der Waals surface area contributed by atoms with E-state index in [1.807, 2.05) is 6.07 Å². The SMILES string of the molecule is CC1(C)c2ccccc2-c2nc(-c3ccccc3)nc(-c3cccc(-n4c5ccccc5c5c6c7ccccc7n(-c7ccccc7)c6ccc54)c3)c21. The molecule has 0 N–H and O–H groups in total. The summed E-state index contributed by atoms with van der Waals surface area (Å²) in [6.07, 6.45) is 0. The van der Waals surface area contributed by atoms with Gasteiger partial charge in [-0.05, 0) is 54.1 Å². The molecule has 1 aliphatic rings. The van der Waals surface area contributed by atoms with Crippen LogP contribution >= 0.6 is 0 Å². The standard InChI is InChI=1S/C49H34N4/c1-49(2)38-25-12-9-22-35(38)47-45(49)46(50-48(51-47)31-16-5-3-6-17-31)32-18-15-21-34(30-32)53-40-27-14-11-24-37(40)44-42(53)29-28-41-43(44)36-23-10-13-26-39(36)52(41)33-19-7-4-8-20-33/h3-30H,1-2H3. The van der Waals surface area contributed by atoms with Crippen molar-refractivity contribution in [1.82, 2.24) is 19.1 Å². The Kier molecular flexibility index (Phi) is 6.27. The highest BCUT2D eigenvalue weighted by Crippen LogP contribution is 2.51.